The Balaban J connectivity index is 1.12. The molecule has 1 aliphatic carbocycles. The normalized spacial score (nSPS) is 20.9. The lowest BCUT2D eigenvalue weighted by molar-refractivity contribution is -0.134. The Bertz CT molecular complexity index is 1590. The average Bonchev–Trinajstić information content (AvgIpc) is 3.60. The molecule has 0 spiro atoms. The molecule has 2 fully saturated rings. The SMILES string of the molecule is Cc1cc(Cc2nccn3c(C4=CCN=C4C(F)(F)F)cnc23)ccc1C(=O)N1CCN(C(=O)CC2CC(C)C2)CC1. The largest absolute Gasteiger partial charge is 0.433 e. The third kappa shape index (κ3) is 5.44. The van der Waals surface area contributed by atoms with Gasteiger partial charge in [0.2, 0.25) is 5.91 Å². The second kappa shape index (κ2) is 11.0. The second-order valence-electron chi connectivity index (χ2n) is 11.7. The van der Waals surface area contributed by atoms with Gasteiger partial charge in [-0.15, -0.1) is 0 Å². The molecule has 6 rings (SSSR count). The van der Waals surface area contributed by atoms with Gasteiger partial charge in [0, 0.05) is 62.6 Å². The van der Waals surface area contributed by atoms with Crippen LogP contribution in [0.25, 0.3) is 11.2 Å². The van der Waals surface area contributed by atoms with Gasteiger partial charge in [0.15, 0.2) is 5.65 Å². The molecule has 220 valence electrons. The molecule has 4 heterocycles. The van der Waals surface area contributed by atoms with Crippen LogP contribution in [0.5, 0.6) is 0 Å². The maximum absolute atomic E-state index is 13.5. The van der Waals surface area contributed by atoms with E-state index in [2.05, 4.69) is 21.9 Å². The molecule has 0 atom stereocenters. The van der Waals surface area contributed by atoms with Crippen LogP contribution in [0.15, 0.2) is 47.9 Å². The molecule has 2 amide bonds. The van der Waals surface area contributed by atoms with Crippen molar-refractivity contribution in [1.29, 1.82) is 0 Å². The predicted molar refractivity (Wildman–Crippen MR) is 152 cm³/mol. The second-order valence-corrected chi connectivity index (χ2v) is 11.7. The molecule has 0 bridgehead atoms. The summed E-state index contributed by atoms with van der Waals surface area (Å²) in [6.45, 7) is 6.22. The molecule has 0 N–H and O–H groups in total. The molecule has 3 aromatic rings. The Morgan fingerprint density at radius 1 is 1.05 bits per heavy atom. The molecular formula is C31H33F3N6O2. The number of hydrogen-bond acceptors (Lipinski definition) is 5. The van der Waals surface area contributed by atoms with Gasteiger partial charge in [0.1, 0.15) is 5.71 Å². The van der Waals surface area contributed by atoms with Crippen molar-refractivity contribution in [2.45, 2.75) is 45.7 Å². The number of fused-ring (bicyclic) bond motifs is 1. The van der Waals surface area contributed by atoms with E-state index in [1.54, 1.807) is 16.8 Å². The van der Waals surface area contributed by atoms with Crippen LogP contribution in [0.2, 0.25) is 0 Å². The summed E-state index contributed by atoms with van der Waals surface area (Å²) in [5, 5.41) is 0. The fourth-order valence-electron chi connectivity index (χ4n) is 6.39. The average molecular weight is 579 g/mol. The molecule has 42 heavy (non-hydrogen) atoms. The highest BCUT2D eigenvalue weighted by molar-refractivity contribution is 6.27. The summed E-state index contributed by atoms with van der Waals surface area (Å²) in [6, 6.07) is 5.63. The molecular weight excluding hydrogens is 545 g/mol. The van der Waals surface area contributed by atoms with Crippen LogP contribution in [-0.2, 0) is 11.2 Å². The summed E-state index contributed by atoms with van der Waals surface area (Å²) >= 11 is 0. The van der Waals surface area contributed by atoms with Gasteiger partial charge < -0.3 is 9.80 Å². The molecule has 2 aliphatic heterocycles. The fraction of sp³-hybridized carbons (Fsp3) is 0.452. The highest BCUT2D eigenvalue weighted by Gasteiger charge is 2.40. The molecule has 1 aromatic carbocycles. The standard InChI is InChI=1S/C31H33F3N6O2/c1-19-13-22(14-19)17-27(41)38-9-11-39(12-10-38)30(42)23-4-3-21(15-20(23)2)16-25-29-37-18-26(40(29)8-7-35-25)24-5-6-36-28(24)31(32,33)34/h3-5,7-8,15,18-19,22H,6,9-14,16-17H2,1-2H3. The maximum atomic E-state index is 13.5. The summed E-state index contributed by atoms with van der Waals surface area (Å²) in [5.41, 5.74) is 2.88. The van der Waals surface area contributed by atoms with Crippen molar-refractivity contribution in [2.24, 2.45) is 16.8 Å². The number of carbonyl (C=O) groups is 2. The number of alkyl halides is 3. The monoisotopic (exact) mass is 578 g/mol. The summed E-state index contributed by atoms with van der Waals surface area (Å²) in [7, 11) is 0. The molecule has 0 radical (unpaired) electrons. The van der Waals surface area contributed by atoms with Gasteiger partial charge in [-0.1, -0.05) is 25.1 Å². The summed E-state index contributed by atoms with van der Waals surface area (Å²) < 4.78 is 42.0. The van der Waals surface area contributed by atoms with Crippen molar-refractivity contribution in [1.82, 2.24) is 24.2 Å². The molecule has 1 saturated heterocycles. The van der Waals surface area contributed by atoms with Gasteiger partial charge in [-0.2, -0.15) is 13.2 Å². The summed E-state index contributed by atoms with van der Waals surface area (Å²) in [5.74, 6) is 1.37. The van der Waals surface area contributed by atoms with Crippen LogP contribution in [0, 0.1) is 18.8 Å². The van der Waals surface area contributed by atoms with Crippen LogP contribution < -0.4 is 0 Å². The number of hydrogen-bond donors (Lipinski definition) is 0. The summed E-state index contributed by atoms with van der Waals surface area (Å²) in [6.07, 6.45) is 4.76. The molecule has 0 unspecified atom stereocenters. The van der Waals surface area contributed by atoms with E-state index in [-0.39, 0.29) is 23.9 Å². The molecule has 2 aromatic heterocycles. The fourth-order valence-corrected chi connectivity index (χ4v) is 6.39. The Kier molecular flexibility index (Phi) is 7.36. The van der Waals surface area contributed by atoms with E-state index in [0.29, 0.717) is 67.5 Å². The quantitative estimate of drug-likeness (QED) is 0.423. The number of nitrogens with zero attached hydrogens (tertiary/aromatic N) is 6. The highest BCUT2D eigenvalue weighted by atomic mass is 19.4. The van der Waals surface area contributed by atoms with Crippen LogP contribution in [0.4, 0.5) is 13.2 Å². The number of imidazole rings is 1. The summed E-state index contributed by atoms with van der Waals surface area (Å²) in [4.78, 5) is 42.2. The van der Waals surface area contributed by atoms with E-state index in [4.69, 9.17) is 0 Å². The number of piperazine rings is 1. The minimum absolute atomic E-state index is 0.0176. The van der Waals surface area contributed by atoms with E-state index in [0.717, 1.165) is 29.9 Å². The van der Waals surface area contributed by atoms with Gasteiger partial charge in [-0.3, -0.25) is 24.0 Å². The first kappa shape index (κ1) is 28.1. The zero-order chi connectivity index (χ0) is 29.6. The number of aliphatic imine (C=N–C) groups is 1. The van der Waals surface area contributed by atoms with Crippen LogP contribution in [0.3, 0.4) is 0 Å². The Morgan fingerprint density at radius 2 is 1.79 bits per heavy atom. The number of halogens is 3. The third-order valence-corrected chi connectivity index (χ3v) is 8.59. The lowest BCUT2D eigenvalue weighted by Gasteiger charge is -2.38. The van der Waals surface area contributed by atoms with Crippen molar-refractivity contribution in [2.75, 3.05) is 32.7 Å². The number of carbonyl (C=O) groups excluding carboxylic acids is 2. The molecule has 1 saturated carbocycles. The highest BCUT2D eigenvalue weighted by Crippen LogP contribution is 2.36. The number of aromatic nitrogens is 3. The maximum Gasteiger partial charge on any atom is 0.433 e. The van der Waals surface area contributed by atoms with Crippen molar-refractivity contribution >= 4 is 28.7 Å². The van der Waals surface area contributed by atoms with Crippen LogP contribution >= 0.6 is 0 Å². The van der Waals surface area contributed by atoms with E-state index < -0.39 is 11.9 Å². The third-order valence-electron chi connectivity index (χ3n) is 8.59. The molecule has 3 aliphatic rings. The topological polar surface area (TPSA) is 83.2 Å². The molecule has 11 heteroatoms. The van der Waals surface area contributed by atoms with Crippen molar-refractivity contribution in [3.05, 3.63) is 70.9 Å². The zero-order valence-corrected chi connectivity index (χ0v) is 23.7. The van der Waals surface area contributed by atoms with Crippen molar-refractivity contribution in [3.8, 4) is 0 Å². The molecule has 8 nitrogen and oxygen atoms in total. The van der Waals surface area contributed by atoms with Crippen LogP contribution in [-0.4, -0.2) is 80.6 Å². The first-order chi connectivity index (χ1) is 20.1. The van der Waals surface area contributed by atoms with Gasteiger partial charge >= 0.3 is 6.18 Å². The van der Waals surface area contributed by atoms with Crippen LogP contribution in [0.1, 0.15) is 59.1 Å². The van der Waals surface area contributed by atoms with E-state index in [9.17, 15) is 22.8 Å². The Labute approximate surface area is 242 Å². The predicted octanol–water partition coefficient (Wildman–Crippen LogP) is 4.75. The van der Waals surface area contributed by atoms with E-state index in [1.807, 2.05) is 34.9 Å². The van der Waals surface area contributed by atoms with Crippen molar-refractivity contribution < 1.29 is 22.8 Å². The first-order valence-electron chi connectivity index (χ1n) is 14.4. The van der Waals surface area contributed by atoms with Gasteiger partial charge in [0.05, 0.1) is 24.1 Å². The first-order valence-corrected chi connectivity index (χ1v) is 14.4. The number of allylic oxidation sites excluding steroid dienone is 1. The number of rotatable bonds is 6. The minimum atomic E-state index is -4.54. The lowest BCUT2D eigenvalue weighted by atomic mass is 9.74. The number of aryl methyl sites for hydroxylation is 1. The lowest BCUT2D eigenvalue weighted by Crippen LogP contribution is -2.51. The Hall–Kier alpha value is -4.02. The number of amides is 2. The Morgan fingerprint density at radius 3 is 2.48 bits per heavy atom. The van der Waals surface area contributed by atoms with Gasteiger partial charge in [-0.05, 0) is 48.8 Å². The zero-order valence-electron chi connectivity index (χ0n) is 23.7. The smallest absolute Gasteiger partial charge is 0.339 e. The van der Waals surface area contributed by atoms with Crippen molar-refractivity contribution in [3.63, 3.8) is 0 Å². The van der Waals surface area contributed by atoms with Gasteiger partial charge in [-0.25, -0.2) is 4.98 Å². The minimum Gasteiger partial charge on any atom is -0.339 e. The van der Waals surface area contributed by atoms with E-state index in [1.165, 1.54) is 12.3 Å². The number of benzene rings is 1. The van der Waals surface area contributed by atoms with E-state index >= 15 is 0 Å². The van der Waals surface area contributed by atoms with Gasteiger partial charge in [0.25, 0.3) is 5.91 Å².